The second-order valence-corrected chi connectivity index (χ2v) is 5.01. The van der Waals surface area contributed by atoms with Gasteiger partial charge in [-0.25, -0.2) is 4.79 Å². The first-order chi connectivity index (χ1) is 6.80. The Morgan fingerprint density at radius 2 is 1.73 bits per heavy atom. The summed E-state index contributed by atoms with van der Waals surface area (Å²) in [5, 5.41) is 2.88. The van der Waals surface area contributed by atoms with Crippen LogP contribution in [-0.4, -0.2) is 17.7 Å². The summed E-state index contributed by atoms with van der Waals surface area (Å²) >= 11 is 0. The van der Waals surface area contributed by atoms with E-state index in [0.29, 0.717) is 5.92 Å². The average Bonchev–Trinajstić information content (AvgIpc) is 2.02. The zero-order chi connectivity index (χ0) is 12.1. The predicted molar refractivity (Wildman–Crippen MR) is 62.9 cm³/mol. The van der Waals surface area contributed by atoms with Crippen molar-refractivity contribution in [2.24, 2.45) is 5.92 Å². The number of alkyl carbamates (subject to hydrolysis) is 1. The van der Waals surface area contributed by atoms with Gasteiger partial charge < -0.3 is 10.1 Å². The minimum atomic E-state index is -0.419. The molecule has 1 amide bonds. The highest BCUT2D eigenvalue weighted by atomic mass is 16.6. The van der Waals surface area contributed by atoms with Crippen molar-refractivity contribution < 1.29 is 9.53 Å². The molecular weight excluding hydrogens is 190 g/mol. The lowest BCUT2D eigenvalue weighted by Gasteiger charge is -2.25. The van der Waals surface area contributed by atoms with Gasteiger partial charge in [0.1, 0.15) is 5.60 Å². The zero-order valence-corrected chi connectivity index (χ0v) is 10.9. The third kappa shape index (κ3) is 6.37. The minimum absolute atomic E-state index is 0.176. The maximum atomic E-state index is 11.5. The molecule has 3 heteroatoms. The third-order valence-electron chi connectivity index (χ3n) is 2.50. The van der Waals surface area contributed by atoms with Crippen molar-refractivity contribution in [1.29, 1.82) is 0 Å². The first-order valence-corrected chi connectivity index (χ1v) is 5.79. The fourth-order valence-corrected chi connectivity index (χ4v) is 1.61. The van der Waals surface area contributed by atoms with Gasteiger partial charge in [0.25, 0.3) is 0 Å². The van der Waals surface area contributed by atoms with Crippen molar-refractivity contribution in [3.63, 3.8) is 0 Å². The molecule has 15 heavy (non-hydrogen) atoms. The zero-order valence-electron chi connectivity index (χ0n) is 10.9. The van der Waals surface area contributed by atoms with Crippen LogP contribution < -0.4 is 5.32 Å². The SMILES string of the molecule is CCC(CC)C(C)NC(=O)OC(C)(C)C. The fourth-order valence-electron chi connectivity index (χ4n) is 1.61. The fraction of sp³-hybridized carbons (Fsp3) is 0.917. The van der Waals surface area contributed by atoms with E-state index < -0.39 is 5.60 Å². The molecule has 0 aliphatic heterocycles. The van der Waals surface area contributed by atoms with E-state index in [1.165, 1.54) is 0 Å². The van der Waals surface area contributed by atoms with Crippen LogP contribution in [0.25, 0.3) is 0 Å². The maximum absolute atomic E-state index is 11.5. The molecule has 0 aromatic rings. The smallest absolute Gasteiger partial charge is 0.407 e. The van der Waals surface area contributed by atoms with Gasteiger partial charge in [0.2, 0.25) is 0 Å². The van der Waals surface area contributed by atoms with Crippen LogP contribution in [0.2, 0.25) is 0 Å². The van der Waals surface area contributed by atoms with E-state index in [2.05, 4.69) is 19.2 Å². The molecule has 0 aliphatic rings. The highest BCUT2D eigenvalue weighted by Gasteiger charge is 2.20. The van der Waals surface area contributed by atoms with Crippen LogP contribution in [0.4, 0.5) is 4.79 Å². The van der Waals surface area contributed by atoms with Crippen LogP contribution in [0.5, 0.6) is 0 Å². The van der Waals surface area contributed by atoms with Gasteiger partial charge in [-0.05, 0) is 33.6 Å². The highest BCUT2D eigenvalue weighted by Crippen LogP contribution is 2.13. The van der Waals surface area contributed by atoms with Gasteiger partial charge in [-0.15, -0.1) is 0 Å². The second kappa shape index (κ2) is 5.99. The van der Waals surface area contributed by atoms with Crippen LogP contribution in [0, 0.1) is 5.92 Å². The Bertz CT molecular complexity index is 192. The van der Waals surface area contributed by atoms with Crippen molar-refractivity contribution in [2.75, 3.05) is 0 Å². The van der Waals surface area contributed by atoms with E-state index in [1.54, 1.807) is 0 Å². The summed E-state index contributed by atoms with van der Waals surface area (Å²) in [6.07, 6.45) is 1.84. The Morgan fingerprint density at radius 1 is 1.27 bits per heavy atom. The molecule has 0 saturated carbocycles. The van der Waals surface area contributed by atoms with Gasteiger partial charge in [0.05, 0.1) is 0 Å². The van der Waals surface area contributed by atoms with Crippen molar-refractivity contribution in [3.8, 4) is 0 Å². The Morgan fingerprint density at radius 3 is 2.07 bits per heavy atom. The molecule has 3 nitrogen and oxygen atoms in total. The molecule has 0 fully saturated rings. The number of ether oxygens (including phenoxy) is 1. The monoisotopic (exact) mass is 215 g/mol. The summed E-state index contributed by atoms with van der Waals surface area (Å²) in [6.45, 7) is 11.9. The Kier molecular flexibility index (Phi) is 5.69. The number of hydrogen-bond donors (Lipinski definition) is 1. The lowest BCUT2D eigenvalue weighted by atomic mass is 9.96. The summed E-state index contributed by atoms with van der Waals surface area (Å²) in [6, 6.07) is 0.176. The number of carbonyl (C=O) groups is 1. The molecule has 0 heterocycles. The number of hydrogen-bond acceptors (Lipinski definition) is 2. The number of nitrogens with one attached hydrogen (secondary N) is 1. The number of carbonyl (C=O) groups excluding carboxylic acids is 1. The molecule has 0 saturated heterocycles. The lowest BCUT2D eigenvalue weighted by molar-refractivity contribution is 0.0490. The molecule has 0 aliphatic carbocycles. The maximum Gasteiger partial charge on any atom is 0.407 e. The molecule has 0 radical (unpaired) electrons. The van der Waals surface area contributed by atoms with E-state index in [9.17, 15) is 4.79 Å². The molecule has 1 atom stereocenters. The first kappa shape index (κ1) is 14.3. The topological polar surface area (TPSA) is 38.3 Å². The van der Waals surface area contributed by atoms with Gasteiger partial charge in [-0.2, -0.15) is 0 Å². The average molecular weight is 215 g/mol. The molecular formula is C12H25NO2. The van der Waals surface area contributed by atoms with Crippen molar-refractivity contribution >= 4 is 6.09 Å². The summed E-state index contributed by atoms with van der Waals surface area (Å²) in [4.78, 5) is 11.5. The second-order valence-electron chi connectivity index (χ2n) is 5.01. The molecule has 1 unspecified atom stereocenters. The molecule has 90 valence electrons. The van der Waals surface area contributed by atoms with Crippen molar-refractivity contribution in [1.82, 2.24) is 5.32 Å². The largest absolute Gasteiger partial charge is 0.444 e. The van der Waals surface area contributed by atoms with Gasteiger partial charge >= 0.3 is 6.09 Å². The third-order valence-corrected chi connectivity index (χ3v) is 2.50. The minimum Gasteiger partial charge on any atom is -0.444 e. The van der Waals surface area contributed by atoms with Gasteiger partial charge in [-0.3, -0.25) is 0 Å². The standard InChI is InChI=1S/C12H25NO2/c1-7-10(8-2)9(3)13-11(14)15-12(4,5)6/h9-10H,7-8H2,1-6H3,(H,13,14). The molecule has 1 N–H and O–H groups in total. The molecule has 0 rings (SSSR count). The van der Waals surface area contributed by atoms with Crippen molar-refractivity contribution in [3.05, 3.63) is 0 Å². The number of rotatable bonds is 4. The van der Waals surface area contributed by atoms with Gasteiger partial charge in [-0.1, -0.05) is 26.7 Å². The van der Waals surface area contributed by atoms with Crippen molar-refractivity contribution in [2.45, 2.75) is 66.0 Å². The van der Waals surface area contributed by atoms with Crippen LogP contribution in [0.1, 0.15) is 54.4 Å². The van der Waals surface area contributed by atoms with Gasteiger partial charge in [0.15, 0.2) is 0 Å². The van der Waals surface area contributed by atoms with Gasteiger partial charge in [0, 0.05) is 6.04 Å². The summed E-state index contributed by atoms with van der Waals surface area (Å²) in [5.41, 5.74) is -0.419. The van der Waals surface area contributed by atoms with E-state index in [-0.39, 0.29) is 12.1 Å². The molecule has 0 spiro atoms. The summed E-state index contributed by atoms with van der Waals surface area (Å²) < 4.78 is 5.20. The summed E-state index contributed by atoms with van der Waals surface area (Å²) in [7, 11) is 0. The lowest BCUT2D eigenvalue weighted by Crippen LogP contribution is -2.41. The molecule has 0 aromatic heterocycles. The van der Waals surface area contributed by atoms with E-state index in [4.69, 9.17) is 4.74 Å². The Balaban J connectivity index is 4.06. The van der Waals surface area contributed by atoms with E-state index in [1.807, 2.05) is 27.7 Å². The van der Waals surface area contributed by atoms with E-state index in [0.717, 1.165) is 12.8 Å². The van der Waals surface area contributed by atoms with Crippen LogP contribution in [0.15, 0.2) is 0 Å². The van der Waals surface area contributed by atoms with Crippen LogP contribution in [-0.2, 0) is 4.74 Å². The number of amides is 1. The quantitative estimate of drug-likeness (QED) is 0.781. The molecule has 0 bridgehead atoms. The van der Waals surface area contributed by atoms with Crippen LogP contribution >= 0.6 is 0 Å². The highest BCUT2D eigenvalue weighted by molar-refractivity contribution is 5.68. The summed E-state index contributed by atoms with van der Waals surface area (Å²) in [5.74, 6) is 0.525. The van der Waals surface area contributed by atoms with Crippen LogP contribution in [0.3, 0.4) is 0 Å². The Hall–Kier alpha value is -0.730. The predicted octanol–water partition coefficient (Wildman–Crippen LogP) is 3.34. The van der Waals surface area contributed by atoms with E-state index >= 15 is 0 Å². The Labute approximate surface area is 93.6 Å². The normalized spacial score (nSPS) is 13.8. The molecule has 0 aromatic carbocycles. The first-order valence-electron chi connectivity index (χ1n) is 5.79.